The molecule has 8 heteroatoms. The molecular weight excluding hydrogens is 342 g/mol. The van der Waals surface area contributed by atoms with Gasteiger partial charge in [-0.1, -0.05) is 11.6 Å². The van der Waals surface area contributed by atoms with E-state index in [1.165, 1.54) is 0 Å². The van der Waals surface area contributed by atoms with Crippen LogP contribution in [0.25, 0.3) is 5.65 Å². The molecule has 2 aromatic rings. The van der Waals surface area contributed by atoms with Gasteiger partial charge in [-0.25, -0.2) is 9.78 Å². The first-order valence-electron chi connectivity index (χ1n) is 8.50. The Hall–Kier alpha value is -1.83. The van der Waals surface area contributed by atoms with Gasteiger partial charge in [0.2, 0.25) is 0 Å². The predicted molar refractivity (Wildman–Crippen MR) is 96.7 cm³/mol. The van der Waals surface area contributed by atoms with E-state index in [9.17, 15) is 9.90 Å². The van der Waals surface area contributed by atoms with Crippen LogP contribution in [0.3, 0.4) is 0 Å². The van der Waals surface area contributed by atoms with Crippen molar-refractivity contribution >= 4 is 23.3 Å². The van der Waals surface area contributed by atoms with Crippen LogP contribution in [-0.4, -0.2) is 68.6 Å². The molecule has 0 saturated carbocycles. The maximum Gasteiger partial charge on any atom is 0.317 e. The molecule has 2 aromatic heterocycles. The monoisotopic (exact) mass is 365 g/mol. The smallest absolute Gasteiger partial charge is 0.317 e. The van der Waals surface area contributed by atoms with Crippen molar-refractivity contribution in [3.8, 4) is 0 Å². The van der Waals surface area contributed by atoms with Gasteiger partial charge in [-0.3, -0.25) is 4.90 Å². The van der Waals surface area contributed by atoms with Crippen LogP contribution >= 0.6 is 11.6 Å². The minimum absolute atomic E-state index is 0.0846. The summed E-state index contributed by atoms with van der Waals surface area (Å²) in [5, 5.41) is 13.1. The van der Waals surface area contributed by atoms with Crippen LogP contribution in [0.5, 0.6) is 0 Å². The fraction of sp³-hybridized carbons (Fsp3) is 0.529. The van der Waals surface area contributed by atoms with E-state index in [0.717, 1.165) is 17.9 Å². The maximum atomic E-state index is 12.4. The highest BCUT2D eigenvalue weighted by Gasteiger charge is 2.27. The highest BCUT2D eigenvalue weighted by atomic mass is 35.5. The van der Waals surface area contributed by atoms with E-state index in [-0.39, 0.29) is 18.2 Å². The largest absolute Gasteiger partial charge is 0.392 e. The third-order valence-corrected chi connectivity index (χ3v) is 4.66. The first kappa shape index (κ1) is 18.0. The summed E-state index contributed by atoms with van der Waals surface area (Å²) in [4.78, 5) is 20.9. The Morgan fingerprint density at radius 1 is 1.44 bits per heavy atom. The van der Waals surface area contributed by atoms with Gasteiger partial charge in [-0.05, 0) is 26.0 Å². The molecule has 2 N–H and O–H groups in total. The lowest BCUT2D eigenvalue weighted by Crippen LogP contribution is -2.56. The van der Waals surface area contributed by atoms with Gasteiger partial charge in [0.25, 0.3) is 0 Å². The normalized spacial score (nSPS) is 20.0. The number of aliphatic hydroxyl groups excluding tert-OH is 1. The van der Waals surface area contributed by atoms with Crippen LogP contribution in [0.15, 0.2) is 24.5 Å². The summed E-state index contributed by atoms with van der Waals surface area (Å²) in [6.45, 7) is 6.96. The van der Waals surface area contributed by atoms with Crippen LogP contribution in [0.2, 0.25) is 5.02 Å². The number of amides is 2. The molecule has 3 rings (SSSR count). The number of aromatic nitrogens is 2. The van der Waals surface area contributed by atoms with Gasteiger partial charge in [0.05, 0.1) is 23.4 Å². The molecule has 3 heterocycles. The highest BCUT2D eigenvalue weighted by Crippen LogP contribution is 2.13. The summed E-state index contributed by atoms with van der Waals surface area (Å²) in [5.74, 6) is 0. The summed E-state index contributed by atoms with van der Waals surface area (Å²) in [7, 11) is 0. The van der Waals surface area contributed by atoms with Crippen molar-refractivity contribution in [3.63, 3.8) is 0 Å². The average molecular weight is 366 g/mol. The van der Waals surface area contributed by atoms with Crippen molar-refractivity contribution in [2.75, 3.05) is 26.2 Å². The topological polar surface area (TPSA) is 73.1 Å². The number of rotatable bonds is 4. The van der Waals surface area contributed by atoms with Crippen molar-refractivity contribution in [1.82, 2.24) is 24.5 Å². The number of imidazole rings is 1. The highest BCUT2D eigenvalue weighted by molar-refractivity contribution is 6.30. The molecule has 2 unspecified atom stereocenters. The second kappa shape index (κ2) is 7.59. The Morgan fingerprint density at radius 2 is 2.24 bits per heavy atom. The number of piperazine rings is 1. The van der Waals surface area contributed by atoms with Crippen LogP contribution in [-0.2, 0) is 6.54 Å². The first-order valence-corrected chi connectivity index (χ1v) is 8.88. The van der Waals surface area contributed by atoms with E-state index >= 15 is 0 Å². The fourth-order valence-electron chi connectivity index (χ4n) is 3.17. The van der Waals surface area contributed by atoms with Gasteiger partial charge in [0, 0.05) is 44.6 Å². The number of fused-ring (bicyclic) bond motifs is 1. The molecule has 0 aromatic carbocycles. The Kier molecular flexibility index (Phi) is 5.46. The molecule has 25 heavy (non-hydrogen) atoms. The standard InChI is InChI=1S/C17H24ClN5O2/c1-12-8-22(6-5-21(12)9-13(2)24)17(25)19-7-15-11-23-10-14(18)3-4-16(23)20-15/h3-4,10-13,24H,5-9H2,1-2H3,(H,19,25). The molecule has 1 aliphatic heterocycles. The lowest BCUT2D eigenvalue weighted by atomic mass is 10.2. The van der Waals surface area contributed by atoms with Crippen molar-refractivity contribution < 1.29 is 9.90 Å². The van der Waals surface area contributed by atoms with Gasteiger partial charge >= 0.3 is 6.03 Å². The Morgan fingerprint density at radius 3 is 2.96 bits per heavy atom. The Balaban J connectivity index is 1.53. The Bertz CT molecular complexity index is 748. The molecule has 2 amide bonds. The molecule has 0 bridgehead atoms. The fourth-order valence-corrected chi connectivity index (χ4v) is 3.34. The number of β-amino-alcohol motifs (C(OH)–C–C–N with tert-alkyl or cyclic N) is 1. The maximum absolute atomic E-state index is 12.4. The zero-order valence-corrected chi connectivity index (χ0v) is 15.3. The average Bonchev–Trinajstić information content (AvgIpc) is 2.96. The summed E-state index contributed by atoms with van der Waals surface area (Å²) in [5.41, 5.74) is 1.59. The Labute approximate surface area is 152 Å². The minimum atomic E-state index is -0.355. The SMILES string of the molecule is CC(O)CN1CCN(C(=O)NCc2cn3cc(Cl)ccc3n2)CC1C. The first-order chi connectivity index (χ1) is 11.9. The van der Waals surface area contributed by atoms with Crippen molar-refractivity contribution in [2.24, 2.45) is 0 Å². The van der Waals surface area contributed by atoms with E-state index in [1.54, 1.807) is 19.2 Å². The lowest BCUT2D eigenvalue weighted by Gasteiger charge is -2.40. The molecular formula is C17H24ClN5O2. The molecule has 0 aliphatic carbocycles. The molecule has 136 valence electrons. The van der Waals surface area contributed by atoms with Gasteiger partial charge in [0.15, 0.2) is 0 Å². The zero-order chi connectivity index (χ0) is 18.0. The number of halogens is 1. The number of urea groups is 1. The summed E-state index contributed by atoms with van der Waals surface area (Å²) >= 11 is 5.97. The number of nitrogens with zero attached hydrogens (tertiary/aromatic N) is 4. The van der Waals surface area contributed by atoms with E-state index in [2.05, 4.69) is 22.1 Å². The van der Waals surface area contributed by atoms with Crippen molar-refractivity contribution in [3.05, 3.63) is 35.2 Å². The van der Waals surface area contributed by atoms with Crippen molar-refractivity contribution in [2.45, 2.75) is 32.5 Å². The minimum Gasteiger partial charge on any atom is -0.392 e. The number of carbonyl (C=O) groups excluding carboxylic acids is 1. The van der Waals surface area contributed by atoms with Crippen LogP contribution in [0.4, 0.5) is 4.79 Å². The van der Waals surface area contributed by atoms with E-state index in [0.29, 0.717) is 31.2 Å². The number of hydrogen-bond donors (Lipinski definition) is 2. The van der Waals surface area contributed by atoms with E-state index in [1.807, 2.05) is 21.6 Å². The molecule has 1 fully saturated rings. The second-order valence-corrected chi connectivity index (χ2v) is 7.08. The number of pyridine rings is 1. The van der Waals surface area contributed by atoms with E-state index in [4.69, 9.17) is 11.6 Å². The number of hydrogen-bond acceptors (Lipinski definition) is 4. The summed E-state index contributed by atoms with van der Waals surface area (Å²) < 4.78 is 1.85. The van der Waals surface area contributed by atoms with Gasteiger partial charge in [-0.15, -0.1) is 0 Å². The summed E-state index contributed by atoms with van der Waals surface area (Å²) in [6, 6.07) is 3.78. The van der Waals surface area contributed by atoms with Gasteiger partial charge < -0.3 is 19.7 Å². The molecule has 7 nitrogen and oxygen atoms in total. The van der Waals surface area contributed by atoms with Crippen LogP contribution in [0.1, 0.15) is 19.5 Å². The van der Waals surface area contributed by atoms with Crippen LogP contribution < -0.4 is 5.32 Å². The third-order valence-electron chi connectivity index (χ3n) is 4.44. The van der Waals surface area contributed by atoms with Gasteiger partial charge in [-0.2, -0.15) is 0 Å². The predicted octanol–water partition coefficient (Wildman–Crippen LogP) is 1.58. The van der Waals surface area contributed by atoms with Gasteiger partial charge in [0.1, 0.15) is 5.65 Å². The number of nitrogens with one attached hydrogen (secondary N) is 1. The molecule has 2 atom stereocenters. The molecule has 1 saturated heterocycles. The van der Waals surface area contributed by atoms with E-state index < -0.39 is 0 Å². The molecule has 0 radical (unpaired) electrons. The van der Waals surface area contributed by atoms with Crippen LogP contribution in [0, 0.1) is 0 Å². The third kappa shape index (κ3) is 4.42. The number of carbonyl (C=O) groups is 1. The number of aliphatic hydroxyl groups is 1. The lowest BCUT2D eigenvalue weighted by molar-refractivity contribution is 0.0566. The van der Waals surface area contributed by atoms with Crippen molar-refractivity contribution in [1.29, 1.82) is 0 Å². The zero-order valence-electron chi connectivity index (χ0n) is 14.5. The molecule has 1 aliphatic rings. The quantitative estimate of drug-likeness (QED) is 0.862. The molecule has 0 spiro atoms. The summed E-state index contributed by atoms with van der Waals surface area (Å²) in [6.07, 6.45) is 3.30. The second-order valence-electron chi connectivity index (χ2n) is 6.64.